The van der Waals surface area contributed by atoms with Gasteiger partial charge in [-0.3, -0.25) is 4.98 Å². The Hall–Kier alpha value is -2.31. The van der Waals surface area contributed by atoms with Crippen LogP contribution in [-0.4, -0.2) is 36.3 Å². The van der Waals surface area contributed by atoms with Crippen molar-refractivity contribution in [2.24, 2.45) is 0 Å². The fourth-order valence-corrected chi connectivity index (χ4v) is 3.72. The highest BCUT2D eigenvalue weighted by Crippen LogP contribution is 2.36. The van der Waals surface area contributed by atoms with Crippen LogP contribution in [-0.2, 0) is 4.74 Å². The highest BCUT2D eigenvalue weighted by Gasteiger charge is 2.18. The summed E-state index contributed by atoms with van der Waals surface area (Å²) in [4.78, 5) is 11.4. The summed E-state index contributed by atoms with van der Waals surface area (Å²) < 4.78 is 9.02. The number of aromatic nitrogens is 2. The zero-order chi connectivity index (χ0) is 17.1. The summed E-state index contributed by atoms with van der Waals surface area (Å²) >= 11 is 1.53. The quantitative estimate of drug-likeness (QED) is 0.719. The molecule has 0 radical (unpaired) electrons. The molecule has 1 saturated heterocycles. The second kappa shape index (κ2) is 7.29. The van der Waals surface area contributed by atoms with E-state index in [2.05, 4.69) is 50.8 Å². The van der Waals surface area contributed by atoms with Crippen molar-refractivity contribution in [1.29, 1.82) is 0 Å². The molecule has 6 heteroatoms. The molecule has 1 aromatic carbocycles. The SMILES string of the molecule is Cc1cccnc1SNc1c(N2CCOCC2)ccc2cccnc12. The number of morpholine rings is 1. The molecule has 1 fully saturated rings. The van der Waals surface area contributed by atoms with Gasteiger partial charge in [-0.05, 0) is 30.7 Å². The molecule has 0 amide bonds. The molecule has 3 aromatic rings. The highest BCUT2D eigenvalue weighted by atomic mass is 32.2. The van der Waals surface area contributed by atoms with Crippen molar-refractivity contribution in [2.45, 2.75) is 11.9 Å². The zero-order valence-corrected chi connectivity index (χ0v) is 14.9. The second-order valence-electron chi connectivity index (χ2n) is 5.96. The lowest BCUT2D eigenvalue weighted by molar-refractivity contribution is 0.123. The maximum atomic E-state index is 5.50. The fourth-order valence-electron chi connectivity index (χ4n) is 2.98. The topological polar surface area (TPSA) is 50.3 Å². The van der Waals surface area contributed by atoms with Gasteiger partial charge in [0.05, 0.1) is 30.1 Å². The lowest BCUT2D eigenvalue weighted by Gasteiger charge is -2.31. The number of fused-ring (bicyclic) bond motifs is 1. The first kappa shape index (κ1) is 16.2. The van der Waals surface area contributed by atoms with Crippen LogP contribution in [0.3, 0.4) is 0 Å². The molecule has 1 aliphatic rings. The molecule has 0 bridgehead atoms. The summed E-state index contributed by atoms with van der Waals surface area (Å²) in [5.41, 5.74) is 4.33. The van der Waals surface area contributed by atoms with Crippen LogP contribution in [0.25, 0.3) is 10.9 Å². The first-order valence-electron chi connectivity index (χ1n) is 8.38. The number of nitrogens with one attached hydrogen (secondary N) is 1. The molecule has 5 nitrogen and oxygen atoms in total. The summed E-state index contributed by atoms with van der Waals surface area (Å²) in [6, 6.07) is 12.4. The van der Waals surface area contributed by atoms with Gasteiger partial charge >= 0.3 is 0 Å². The monoisotopic (exact) mass is 352 g/mol. The molecular formula is C19H20N4OS. The lowest BCUT2D eigenvalue weighted by Crippen LogP contribution is -2.36. The lowest BCUT2D eigenvalue weighted by atomic mass is 10.1. The standard InChI is InChI=1S/C19H20N4OS/c1-14-4-2-9-21-19(14)25-22-18-16(23-10-12-24-13-11-23)7-6-15-5-3-8-20-17(15)18/h2-9,22H,10-13H2,1H3. The van der Waals surface area contributed by atoms with E-state index >= 15 is 0 Å². The van der Waals surface area contributed by atoms with Crippen molar-refractivity contribution in [3.63, 3.8) is 0 Å². The summed E-state index contributed by atoms with van der Waals surface area (Å²) in [6.07, 6.45) is 3.66. The Bertz CT molecular complexity index is 880. The van der Waals surface area contributed by atoms with Crippen LogP contribution < -0.4 is 9.62 Å². The Kier molecular flexibility index (Phi) is 4.72. The third-order valence-electron chi connectivity index (χ3n) is 4.32. The van der Waals surface area contributed by atoms with E-state index in [1.54, 1.807) is 0 Å². The van der Waals surface area contributed by atoms with Crippen molar-refractivity contribution < 1.29 is 4.74 Å². The van der Waals surface area contributed by atoms with E-state index in [1.807, 2.05) is 24.5 Å². The molecule has 25 heavy (non-hydrogen) atoms. The van der Waals surface area contributed by atoms with Crippen molar-refractivity contribution in [3.05, 3.63) is 54.4 Å². The number of pyridine rings is 2. The van der Waals surface area contributed by atoms with Crippen LogP contribution in [0.1, 0.15) is 5.56 Å². The number of hydrogen-bond donors (Lipinski definition) is 1. The number of nitrogens with zero attached hydrogens (tertiary/aromatic N) is 3. The molecule has 0 saturated carbocycles. The van der Waals surface area contributed by atoms with Gasteiger partial charge in [0.1, 0.15) is 5.03 Å². The van der Waals surface area contributed by atoms with Crippen LogP contribution in [0.4, 0.5) is 11.4 Å². The third kappa shape index (κ3) is 3.41. The zero-order valence-electron chi connectivity index (χ0n) is 14.1. The van der Waals surface area contributed by atoms with Gasteiger partial charge in [0.2, 0.25) is 0 Å². The Morgan fingerprint density at radius 3 is 2.68 bits per heavy atom. The average molecular weight is 352 g/mol. The minimum atomic E-state index is 0.756. The van der Waals surface area contributed by atoms with Crippen molar-refractivity contribution in [3.8, 4) is 0 Å². The van der Waals surface area contributed by atoms with E-state index in [0.717, 1.165) is 59.2 Å². The van der Waals surface area contributed by atoms with Crippen LogP contribution in [0, 0.1) is 6.92 Å². The van der Waals surface area contributed by atoms with E-state index < -0.39 is 0 Å². The van der Waals surface area contributed by atoms with Gasteiger partial charge in [-0.25, -0.2) is 4.98 Å². The number of aryl methyl sites for hydroxylation is 1. The Balaban J connectivity index is 1.72. The van der Waals surface area contributed by atoms with Gasteiger partial charge in [-0.15, -0.1) is 0 Å². The molecule has 4 rings (SSSR count). The minimum Gasteiger partial charge on any atom is -0.378 e. The molecule has 3 heterocycles. The molecule has 0 unspecified atom stereocenters. The van der Waals surface area contributed by atoms with Crippen LogP contribution >= 0.6 is 11.9 Å². The molecule has 0 aliphatic carbocycles. The molecule has 1 N–H and O–H groups in total. The predicted octanol–water partition coefficient (Wildman–Crippen LogP) is 3.89. The normalized spacial score (nSPS) is 14.7. The minimum absolute atomic E-state index is 0.756. The molecule has 128 valence electrons. The van der Waals surface area contributed by atoms with Crippen molar-refractivity contribution >= 4 is 34.2 Å². The van der Waals surface area contributed by atoms with Gasteiger partial charge in [0.25, 0.3) is 0 Å². The highest BCUT2D eigenvalue weighted by molar-refractivity contribution is 8.00. The van der Waals surface area contributed by atoms with Gasteiger partial charge < -0.3 is 14.4 Å². The third-order valence-corrected chi connectivity index (χ3v) is 5.24. The average Bonchev–Trinajstić information content (AvgIpc) is 2.68. The van der Waals surface area contributed by atoms with Crippen LogP contribution in [0.2, 0.25) is 0 Å². The summed E-state index contributed by atoms with van der Waals surface area (Å²) in [7, 11) is 0. The second-order valence-corrected chi connectivity index (χ2v) is 6.76. The Morgan fingerprint density at radius 1 is 1.04 bits per heavy atom. The van der Waals surface area contributed by atoms with E-state index in [1.165, 1.54) is 11.9 Å². The molecule has 1 aliphatic heterocycles. The molecule has 0 spiro atoms. The summed E-state index contributed by atoms with van der Waals surface area (Å²) in [5.74, 6) is 0. The Morgan fingerprint density at radius 2 is 1.84 bits per heavy atom. The fraction of sp³-hybridized carbons (Fsp3) is 0.263. The van der Waals surface area contributed by atoms with E-state index in [4.69, 9.17) is 4.74 Å². The van der Waals surface area contributed by atoms with Gasteiger partial charge in [-0.1, -0.05) is 18.2 Å². The van der Waals surface area contributed by atoms with Crippen LogP contribution in [0.5, 0.6) is 0 Å². The number of rotatable bonds is 4. The van der Waals surface area contributed by atoms with Gasteiger partial charge in [0.15, 0.2) is 0 Å². The molecule has 0 atom stereocenters. The largest absolute Gasteiger partial charge is 0.378 e. The number of hydrogen-bond acceptors (Lipinski definition) is 6. The van der Waals surface area contributed by atoms with E-state index in [-0.39, 0.29) is 0 Å². The molecule has 2 aromatic heterocycles. The molecular weight excluding hydrogens is 332 g/mol. The maximum Gasteiger partial charge on any atom is 0.119 e. The van der Waals surface area contributed by atoms with E-state index in [9.17, 15) is 0 Å². The first-order chi connectivity index (χ1) is 12.3. The van der Waals surface area contributed by atoms with E-state index in [0.29, 0.717) is 0 Å². The first-order valence-corrected chi connectivity index (χ1v) is 9.19. The van der Waals surface area contributed by atoms with Gasteiger partial charge in [-0.2, -0.15) is 0 Å². The number of ether oxygens (including phenoxy) is 1. The Labute approximate surface area is 151 Å². The number of anilines is 2. The van der Waals surface area contributed by atoms with Crippen molar-refractivity contribution in [2.75, 3.05) is 35.9 Å². The predicted molar refractivity (Wildman–Crippen MR) is 103 cm³/mol. The summed E-state index contributed by atoms with van der Waals surface area (Å²) in [5, 5.41) is 2.10. The van der Waals surface area contributed by atoms with Crippen LogP contribution in [0.15, 0.2) is 53.8 Å². The smallest absolute Gasteiger partial charge is 0.119 e. The van der Waals surface area contributed by atoms with Crippen molar-refractivity contribution in [1.82, 2.24) is 9.97 Å². The summed E-state index contributed by atoms with van der Waals surface area (Å²) in [6.45, 7) is 5.36. The van der Waals surface area contributed by atoms with Gasteiger partial charge in [0, 0.05) is 42.8 Å². The number of benzene rings is 1. The maximum absolute atomic E-state index is 5.50.